The van der Waals surface area contributed by atoms with Crippen molar-refractivity contribution >= 4 is 11.5 Å². The summed E-state index contributed by atoms with van der Waals surface area (Å²) in [5, 5.41) is 0. The van der Waals surface area contributed by atoms with Gasteiger partial charge in [-0.15, -0.1) is 0 Å². The molecule has 0 amide bonds. The highest BCUT2D eigenvalue weighted by Gasteiger charge is 2.21. The third-order valence-corrected chi connectivity index (χ3v) is 5.06. The maximum Gasteiger partial charge on any atom is 0.176 e. The SMILES string of the molecule is COc1ccccc1N1CCN(CC(=O)c2ccc(C(C)C)cc2)CC1. The van der Waals surface area contributed by atoms with E-state index in [1.165, 1.54) is 5.56 Å². The number of ketones is 1. The van der Waals surface area contributed by atoms with Crippen molar-refractivity contribution in [3.63, 3.8) is 0 Å². The Bertz CT molecular complexity index is 732. The van der Waals surface area contributed by atoms with Crippen LogP contribution in [-0.4, -0.2) is 50.5 Å². The largest absolute Gasteiger partial charge is 0.495 e. The van der Waals surface area contributed by atoms with Crippen LogP contribution >= 0.6 is 0 Å². The van der Waals surface area contributed by atoms with Crippen LogP contribution in [-0.2, 0) is 0 Å². The van der Waals surface area contributed by atoms with E-state index in [0.29, 0.717) is 12.5 Å². The fraction of sp³-hybridized carbons (Fsp3) is 0.409. The monoisotopic (exact) mass is 352 g/mol. The van der Waals surface area contributed by atoms with E-state index >= 15 is 0 Å². The van der Waals surface area contributed by atoms with Gasteiger partial charge in [-0.05, 0) is 23.6 Å². The number of benzene rings is 2. The molecule has 0 spiro atoms. The maximum atomic E-state index is 12.6. The van der Waals surface area contributed by atoms with Crippen LogP contribution in [0.4, 0.5) is 5.69 Å². The Balaban J connectivity index is 1.56. The average molecular weight is 352 g/mol. The number of carbonyl (C=O) groups is 1. The molecule has 1 heterocycles. The lowest BCUT2D eigenvalue weighted by Gasteiger charge is -2.36. The maximum absolute atomic E-state index is 12.6. The molecule has 4 nitrogen and oxygen atoms in total. The molecule has 0 aromatic heterocycles. The highest BCUT2D eigenvalue weighted by atomic mass is 16.5. The molecule has 0 radical (unpaired) electrons. The van der Waals surface area contributed by atoms with Crippen LogP contribution in [0, 0.1) is 0 Å². The molecule has 0 aliphatic carbocycles. The summed E-state index contributed by atoms with van der Waals surface area (Å²) >= 11 is 0. The summed E-state index contributed by atoms with van der Waals surface area (Å²) < 4.78 is 5.46. The van der Waals surface area contributed by atoms with E-state index in [1.54, 1.807) is 7.11 Å². The molecule has 2 aromatic rings. The lowest BCUT2D eigenvalue weighted by molar-refractivity contribution is 0.0926. The minimum Gasteiger partial charge on any atom is -0.495 e. The smallest absolute Gasteiger partial charge is 0.176 e. The van der Waals surface area contributed by atoms with Crippen LogP contribution in [0.15, 0.2) is 48.5 Å². The number of hydrogen-bond acceptors (Lipinski definition) is 4. The number of rotatable bonds is 6. The van der Waals surface area contributed by atoms with Gasteiger partial charge in [0.1, 0.15) is 5.75 Å². The molecule has 3 rings (SSSR count). The summed E-state index contributed by atoms with van der Waals surface area (Å²) in [6, 6.07) is 16.2. The normalized spacial score (nSPS) is 15.3. The van der Waals surface area contributed by atoms with E-state index < -0.39 is 0 Å². The van der Waals surface area contributed by atoms with Crippen molar-refractivity contribution < 1.29 is 9.53 Å². The molecule has 0 N–H and O–H groups in total. The van der Waals surface area contributed by atoms with Gasteiger partial charge in [-0.2, -0.15) is 0 Å². The van der Waals surface area contributed by atoms with E-state index in [-0.39, 0.29) is 5.78 Å². The van der Waals surface area contributed by atoms with Crippen LogP contribution in [0.2, 0.25) is 0 Å². The molecule has 138 valence electrons. The molecular weight excluding hydrogens is 324 g/mol. The molecule has 4 heteroatoms. The number of piperazine rings is 1. The van der Waals surface area contributed by atoms with Crippen molar-refractivity contribution in [2.45, 2.75) is 19.8 Å². The number of ether oxygens (including phenoxy) is 1. The summed E-state index contributed by atoms with van der Waals surface area (Å²) in [7, 11) is 1.71. The summed E-state index contributed by atoms with van der Waals surface area (Å²) in [4.78, 5) is 17.1. The first-order valence-corrected chi connectivity index (χ1v) is 9.32. The first-order valence-electron chi connectivity index (χ1n) is 9.32. The third-order valence-electron chi connectivity index (χ3n) is 5.06. The number of anilines is 1. The van der Waals surface area contributed by atoms with E-state index in [2.05, 4.69) is 41.8 Å². The second-order valence-corrected chi connectivity index (χ2v) is 7.13. The van der Waals surface area contributed by atoms with Crippen LogP contribution in [0.3, 0.4) is 0 Å². The Morgan fingerprint density at radius 1 is 1.00 bits per heavy atom. The minimum atomic E-state index is 0.200. The van der Waals surface area contributed by atoms with E-state index in [1.807, 2.05) is 30.3 Å². The third kappa shape index (κ3) is 4.25. The number of methoxy groups -OCH3 is 1. The lowest BCUT2D eigenvalue weighted by atomic mass is 10.0. The van der Waals surface area contributed by atoms with Crippen LogP contribution in [0.5, 0.6) is 5.75 Å². The first kappa shape index (κ1) is 18.5. The van der Waals surface area contributed by atoms with Crippen LogP contribution in [0.25, 0.3) is 0 Å². The minimum absolute atomic E-state index is 0.200. The first-order chi connectivity index (χ1) is 12.6. The lowest BCUT2D eigenvalue weighted by Crippen LogP contribution is -2.48. The van der Waals surface area contributed by atoms with Gasteiger partial charge in [-0.3, -0.25) is 9.69 Å². The standard InChI is InChI=1S/C22H28N2O2/c1-17(2)18-8-10-19(11-9-18)21(25)16-23-12-14-24(15-13-23)20-6-4-5-7-22(20)26-3/h4-11,17H,12-16H2,1-3H3. The Kier molecular flexibility index (Phi) is 5.94. The number of Topliss-reactive ketones (excluding diaryl/α,β-unsaturated/α-hetero) is 1. The number of hydrogen-bond donors (Lipinski definition) is 0. The molecule has 2 aromatic carbocycles. The molecule has 0 bridgehead atoms. The van der Waals surface area contributed by atoms with Gasteiger partial charge in [0.25, 0.3) is 0 Å². The van der Waals surface area contributed by atoms with Gasteiger partial charge in [-0.25, -0.2) is 0 Å². The summed E-state index contributed by atoms with van der Waals surface area (Å²) in [6.07, 6.45) is 0. The highest BCUT2D eigenvalue weighted by molar-refractivity contribution is 5.97. The van der Waals surface area contributed by atoms with Crippen LogP contribution in [0.1, 0.15) is 35.7 Å². The van der Waals surface area contributed by atoms with Crippen molar-refractivity contribution in [3.8, 4) is 5.75 Å². The van der Waals surface area contributed by atoms with Crippen LogP contribution < -0.4 is 9.64 Å². The zero-order valence-corrected chi connectivity index (χ0v) is 15.9. The predicted octanol–water partition coefficient (Wildman–Crippen LogP) is 3.82. The second-order valence-electron chi connectivity index (χ2n) is 7.13. The number of carbonyl (C=O) groups excluding carboxylic acids is 1. The van der Waals surface area contributed by atoms with Gasteiger partial charge in [0.05, 0.1) is 19.3 Å². The number of nitrogens with zero attached hydrogens (tertiary/aromatic N) is 2. The van der Waals surface area contributed by atoms with Gasteiger partial charge in [0, 0.05) is 31.7 Å². The molecule has 0 saturated carbocycles. The Labute approximate surface area is 156 Å². The zero-order chi connectivity index (χ0) is 18.5. The molecular formula is C22H28N2O2. The fourth-order valence-electron chi connectivity index (χ4n) is 3.39. The molecule has 0 atom stereocenters. The Hall–Kier alpha value is -2.33. The summed E-state index contributed by atoms with van der Waals surface area (Å²) in [5.41, 5.74) is 3.21. The van der Waals surface area contributed by atoms with E-state index in [4.69, 9.17) is 4.74 Å². The molecule has 1 fully saturated rings. The second kappa shape index (κ2) is 8.37. The van der Waals surface area contributed by atoms with Crippen molar-refractivity contribution in [1.29, 1.82) is 0 Å². The van der Waals surface area contributed by atoms with E-state index in [0.717, 1.165) is 43.2 Å². The molecule has 0 unspecified atom stereocenters. The van der Waals surface area contributed by atoms with Crippen molar-refractivity contribution in [2.24, 2.45) is 0 Å². The molecule has 1 aliphatic heterocycles. The molecule has 1 aliphatic rings. The topological polar surface area (TPSA) is 32.8 Å². The van der Waals surface area contributed by atoms with Gasteiger partial charge in [0.15, 0.2) is 5.78 Å². The van der Waals surface area contributed by atoms with Gasteiger partial charge >= 0.3 is 0 Å². The predicted molar refractivity (Wildman–Crippen MR) is 107 cm³/mol. The highest BCUT2D eigenvalue weighted by Crippen LogP contribution is 2.28. The van der Waals surface area contributed by atoms with Crippen molar-refractivity contribution in [3.05, 3.63) is 59.7 Å². The zero-order valence-electron chi connectivity index (χ0n) is 15.9. The Morgan fingerprint density at radius 3 is 2.27 bits per heavy atom. The van der Waals surface area contributed by atoms with Crippen molar-refractivity contribution in [1.82, 2.24) is 4.90 Å². The Morgan fingerprint density at radius 2 is 1.65 bits per heavy atom. The summed E-state index contributed by atoms with van der Waals surface area (Å²) in [6.45, 7) is 8.39. The van der Waals surface area contributed by atoms with Gasteiger partial charge < -0.3 is 9.64 Å². The molecule has 26 heavy (non-hydrogen) atoms. The van der Waals surface area contributed by atoms with Gasteiger partial charge in [-0.1, -0.05) is 50.2 Å². The van der Waals surface area contributed by atoms with E-state index in [9.17, 15) is 4.79 Å². The van der Waals surface area contributed by atoms with Crippen molar-refractivity contribution in [2.75, 3.05) is 44.7 Å². The number of para-hydroxylation sites is 2. The van der Waals surface area contributed by atoms with Gasteiger partial charge in [0.2, 0.25) is 0 Å². The molecule has 1 saturated heterocycles. The quantitative estimate of drug-likeness (QED) is 0.740. The summed E-state index contributed by atoms with van der Waals surface area (Å²) in [5.74, 6) is 1.59. The fourth-order valence-corrected chi connectivity index (χ4v) is 3.39. The average Bonchev–Trinajstić information content (AvgIpc) is 2.68.